The third kappa shape index (κ3) is 4.79. The maximum atomic E-state index is 2.46. The fraction of sp³-hybridized carbons (Fsp3) is 0. The van der Waals surface area contributed by atoms with Crippen molar-refractivity contribution in [2.24, 2.45) is 0 Å². The smallest absolute Gasteiger partial charge is 0.0619 e. The highest BCUT2D eigenvalue weighted by atomic mass is 15.0. The van der Waals surface area contributed by atoms with Crippen LogP contribution in [-0.2, 0) is 0 Å². The molecule has 3 aromatic heterocycles. The van der Waals surface area contributed by atoms with Crippen molar-refractivity contribution >= 4 is 65.4 Å². The van der Waals surface area contributed by atoms with Crippen LogP contribution in [0.2, 0.25) is 0 Å². The summed E-state index contributed by atoms with van der Waals surface area (Å²) in [5.74, 6) is 0. The van der Waals surface area contributed by atoms with Gasteiger partial charge in [0, 0.05) is 54.9 Å². The molecule has 0 aliphatic carbocycles. The molecule has 0 unspecified atom stereocenters. The molecule has 0 saturated heterocycles. The lowest BCUT2D eigenvalue weighted by molar-refractivity contribution is 1.18. The Morgan fingerprint density at radius 3 is 1.12 bits per heavy atom. The molecule has 9 aromatic carbocycles. The van der Waals surface area contributed by atoms with Crippen LogP contribution in [0.25, 0.3) is 105 Å². The van der Waals surface area contributed by atoms with Crippen LogP contribution in [0, 0.1) is 0 Å². The van der Waals surface area contributed by atoms with Gasteiger partial charge in [0.25, 0.3) is 0 Å². The molecule has 0 aliphatic heterocycles. The van der Waals surface area contributed by atoms with Gasteiger partial charge in [-0.15, -0.1) is 0 Å². The maximum Gasteiger partial charge on any atom is 0.0619 e. The van der Waals surface area contributed by atoms with Crippen LogP contribution in [0.4, 0.5) is 0 Å². The highest BCUT2D eigenvalue weighted by Gasteiger charge is 2.21. The molecule has 0 radical (unpaired) electrons. The molecule has 0 spiro atoms. The van der Waals surface area contributed by atoms with E-state index in [9.17, 15) is 0 Å². The SMILES string of the molecule is c1ccc(-n2c3ccccc3c3cc(-c4cc(-c5ccc6c(c5)c5ccccc5n6-c5ccccc5)c5c(c4)c4ccccc4n5-c4ccccc4)ccc32)cc1. The van der Waals surface area contributed by atoms with Crippen molar-refractivity contribution < 1.29 is 0 Å². The molecule has 0 fully saturated rings. The topological polar surface area (TPSA) is 14.8 Å². The summed E-state index contributed by atoms with van der Waals surface area (Å²) in [6, 6.07) is 77.5. The third-order valence-electron chi connectivity index (χ3n) is 11.8. The van der Waals surface area contributed by atoms with Gasteiger partial charge in [-0.05, 0) is 108 Å². The molecule has 266 valence electrons. The average molecular weight is 726 g/mol. The minimum atomic E-state index is 1.15. The highest BCUT2D eigenvalue weighted by molar-refractivity contribution is 6.17. The number of hydrogen-bond donors (Lipinski definition) is 0. The van der Waals surface area contributed by atoms with Crippen molar-refractivity contribution in [2.45, 2.75) is 0 Å². The van der Waals surface area contributed by atoms with Crippen molar-refractivity contribution in [3.05, 3.63) is 212 Å². The molecular formula is C54H35N3. The zero-order valence-corrected chi connectivity index (χ0v) is 31.0. The molecule has 0 atom stereocenters. The number of hydrogen-bond acceptors (Lipinski definition) is 0. The van der Waals surface area contributed by atoms with Crippen LogP contribution in [0.3, 0.4) is 0 Å². The summed E-state index contributed by atoms with van der Waals surface area (Å²) in [6.45, 7) is 0. The predicted molar refractivity (Wildman–Crippen MR) is 240 cm³/mol. The van der Waals surface area contributed by atoms with E-state index in [1.807, 2.05) is 0 Å². The molecule has 0 bridgehead atoms. The number of para-hydroxylation sites is 6. The fourth-order valence-corrected chi connectivity index (χ4v) is 9.33. The minimum Gasteiger partial charge on any atom is -0.309 e. The Labute approximate surface area is 329 Å². The van der Waals surface area contributed by atoms with Crippen molar-refractivity contribution in [3.63, 3.8) is 0 Å². The normalized spacial score (nSPS) is 11.9. The lowest BCUT2D eigenvalue weighted by atomic mass is 9.94. The molecule has 3 heterocycles. The van der Waals surface area contributed by atoms with Gasteiger partial charge in [-0.2, -0.15) is 0 Å². The summed E-state index contributed by atoms with van der Waals surface area (Å²) in [6.07, 6.45) is 0. The van der Waals surface area contributed by atoms with Gasteiger partial charge < -0.3 is 13.7 Å². The molecule has 0 aliphatic rings. The molecule has 0 saturated carbocycles. The molecule has 12 rings (SSSR count). The second-order valence-corrected chi connectivity index (χ2v) is 14.9. The zero-order valence-electron chi connectivity index (χ0n) is 31.0. The van der Waals surface area contributed by atoms with Gasteiger partial charge in [-0.3, -0.25) is 0 Å². The predicted octanol–water partition coefficient (Wildman–Crippen LogP) is 14.3. The van der Waals surface area contributed by atoms with E-state index in [4.69, 9.17) is 0 Å². The summed E-state index contributed by atoms with van der Waals surface area (Å²) in [5.41, 5.74) is 15.5. The van der Waals surface area contributed by atoms with Gasteiger partial charge in [-0.1, -0.05) is 121 Å². The molecule has 3 heteroatoms. The summed E-state index contributed by atoms with van der Waals surface area (Å²) >= 11 is 0. The van der Waals surface area contributed by atoms with Crippen molar-refractivity contribution in [3.8, 4) is 39.3 Å². The van der Waals surface area contributed by atoms with E-state index in [-0.39, 0.29) is 0 Å². The average Bonchev–Trinajstić information content (AvgIpc) is 3.92. The van der Waals surface area contributed by atoms with E-state index in [1.165, 1.54) is 87.7 Å². The van der Waals surface area contributed by atoms with E-state index in [2.05, 4.69) is 226 Å². The third-order valence-corrected chi connectivity index (χ3v) is 11.8. The Morgan fingerprint density at radius 1 is 0.228 bits per heavy atom. The summed E-state index contributed by atoms with van der Waals surface area (Å²) in [7, 11) is 0. The van der Waals surface area contributed by atoms with Crippen molar-refractivity contribution in [2.75, 3.05) is 0 Å². The van der Waals surface area contributed by atoms with Crippen molar-refractivity contribution in [1.82, 2.24) is 13.7 Å². The lowest BCUT2D eigenvalue weighted by Crippen LogP contribution is -1.96. The first-order valence-corrected chi connectivity index (χ1v) is 19.6. The fourth-order valence-electron chi connectivity index (χ4n) is 9.33. The van der Waals surface area contributed by atoms with E-state index in [1.54, 1.807) is 0 Å². The number of aromatic nitrogens is 3. The Kier molecular flexibility index (Phi) is 6.93. The first-order chi connectivity index (χ1) is 28.3. The highest BCUT2D eigenvalue weighted by Crippen LogP contribution is 2.44. The van der Waals surface area contributed by atoms with Crippen molar-refractivity contribution in [1.29, 1.82) is 0 Å². The summed E-state index contributed by atoms with van der Waals surface area (Å²) in [4.78, 5) is 0. The van der Waals surface area contributed by atoms with E-state index < -0.39 is 0 Å². The number of fused-ring (bicyclic) bond motifs is 9. The maximum absolute atomic E-state index is 2.46. The number of benzene rings is 9. The van der Waals surface area contributed by atoms with Crippen LogP contribution in [-0.4, -0.2) is 13.7 Å². The van der Waals surface area contributed by atoms with Gasteiger partial charge in [-0.25, -0.2) is 0 Å². The quantitative estimate of drug-likeness (QED) is 0.168. The van der Waals surface area contributed by atoms with Gasteiger partial charge in [0.1, 0.15) is 0 Å². The number of nitrogens with zero attached hydrogens (tertiary/aromatic N) is 3. The summed E-state index contributed by atoms with van der Waals surface area (Å²) < 4.78 is 7.23. The van der Waals surface area contributed by atoms with Crippen LogP contribution < -0.4 is 0 Å². The standard InChI is InChI=1S/C54H35N3/c1-4-16-39(17-5-1)55-49-25-13-10-22-42(49)46-32-36(28-30-52(46)55)38-34-45(54-48(35-38)44-24-12-15-27-51(44)57(54)41-20-8-3-9-21-41)37-29-31-53-47(33-37)43-23-11-14-26-50(43)56(53)40-18-6-2-7-19-40/h1-35H. The van der Waals surface area contributed by atoms with Gasteiger partial charge in [0.15, 0.2) is 0 Å². The van der Waals surface area contributed by atoms with Crippen LogP contribution in [0.15, 0.2) is 212 Å². The molecule has 0 N–H and O–H groups in total. The van der Waals surface area contributed by atoms with E-state index >= 15 is 0 Å². The second-order valence-electron chi connectivity index (χ2n) is 14.9. The Hall–Kier alpha value is -7.62. The second kappa shape index (κ2) is 12.5. The first-order valence-electron chi connectivity index (χ1n) is 19.6. The molecule has 12 aromatic rings. The molecule has 0 amide bonds. The Balaban J connectivity index is 1.16. The largest absolute Gasteiger partial charge is 0.309 e. The molecular weight excluding hydrogens is 691 g/mol. The first kappa shape index (κ1) is 31.7. The monoisotopic (exact) mass is 725 g/mol. The zero-order chi connectivity index (χ0) is 37.5. The van der Waals surface area contributed by atoms with Gasteiger partial charge >= 0.3 is 0 Å². The minimum absolute atomic E-state index is 1.15. The summed E-state index contributed by atoms with van der Waals surface area (Å²) in [5, 5.41) is 7.46. The molecule has 57 heavy (non-hydrogen) atoms. The van der Waals surface area contributed by atoms with E-state index in [0.717, 1.165) is 17.1 Å². The number of rotatable bonds is 5. The molecule has 3 nitrogen and oxygen atoms in total. The van der Waals surface area contributed by atoms with Crippen LogP contribution in [0.1, 0.15) is 0 Å². The van der Waals surface area contributed by atoms with Gasteiger partial charge in [0.2, 0.25) is 0 Å². The Morgan fingerprint density at radius 2 is 0.596 bits per heavy atom. The van der Waals surface area contributed by atoms with Crippen LogP contribution in [0.5, 0.6) is 0 Å². The van der Waals surface area contributed by atoms with E-state index in [0.29, 0.717) is 0 Å². The van der Waals surface area contributed by atoms with Gasteiger partial charge in [0.05, 0.1) is 33.1 Å². The lowest BCUT2D eigenvalue weighted by Gasteiger charge is -2.15. The van der Waals surface area contributed by atoms with Crippen LogP contribution >= 0.6 is 0 Å². The Bertz CT molecular complexity index is 3500.